The average Bonchev–Trinajstić information content (AvgIpc) is 2.12. The lowest BCUT2D eigenvalue weighted by atomic mass is 10.1. The maximum absolute atomic E-state index is 10.6. The van der Waals surface area contributed by atoms with Crippen LogP contribution in [0.3, 0.4) is 0 Å². The molecule has 0 aliphatic carbocycles. The number of rotatable bonds is 5. The lowest BCUT2D eigenvalue weighted by Crippen LogP contribution is -1.91. The molecule has 1 rings (SSSR count). The molecule has 0 amide bonds. The molecule has 1 aromatic rings. The summed E-state index contributed by atoms with van der Waals surface area (Å²) in [6, 6.07) is 6.85. The topological polar surface area (TPSA) is 66.8 Å². The Balaban J connectivity index is 2.70. The van der Waals surface area contributed by atoms with Crippen molar-refractivity contribution >= 4 is 7.82 Å². The van der Waals surface area contributed by atoms with Crippen LogP contribution in [0.25, 0.3) is 0 Å². The maximum atomic E-state index is 10.6. The molecule has 0 unspecified atom stereocenters. The summed E-state index contributed by atoms with van der Waals surface area (Å²) in [6.45, 7) is 2.09. The van der Waals surface area contributed by atoms with E-state index in [-0.39, 0.29) is 5.75 Å². The van der Waals surface area contributed by atoms with E-state index in [4.69, 9.17) is 9.79 Å². The minimum atomic E-state index is -4.43. The number of benzene rings is 1. The molecular weight excluding hydrogens is 215 g/mol. The van der Waals surface area contributed by atoms with Gasteiger partial charge in [-0.05, 0) is 30.5 Å². The van der Waals surface area contributed by atoms with Crippen molar-refractivity contribution < 1.29 is 18.9 Å². The van der Waals surface area contributed by atoms with Crippen LogP contribution in [0.2, 0.25) is 0 Å². The Bertz CT molecular complexity index is 358. The summed E-state index contributed by atoms with van der Waals surface area (Å²) >= 11 is 0. The molecule has 0 aliphatic rings. The quantitative estimate of drug-likeness (QED) is 0.762. The smallest absolute Gasteiger partial charge is 0.404 e. The third-order valence-electron chi connectivity index (χ3n) is 1.94. The number of hydrogen-bond acceptors (Lipinski definition) is 2. The molecule has 0 radical (unpaired) electrons. The molecule has 0 atom stereocenters. The minimum Gasteiger partial charge on any atom is -0.404 e. The highest BCUT2D eigenvalue weighted by Crippen LogP contribution is 2.37. The molecule has 0 aromatic heterocycles. The SMILES string of the molecule is CCCCc1cccc(OP(=O)(O)O)c1. The van der Waals surface area contributed by atoms with Gasteiger partial charge in [0.2, 0.25) is 0 Å². The Morgan fingerprint density at radius 3 is 2.73 bits per heavy atom. The molecule has 0 heterocycles. The Morgan fingerprint density at radius 1 is 1.40 bits per heavy atom. The van der Waals surface area contributed by atoms with E-state index in [9.17, 15) is 4.57 Å². The van der Waals surface area contributed by atoms with Crippen LogP contribution in [-0.2, 0) is 11.0 Å². The average molecular weight is 230 g/mol. The molecule has 0 spiro atoms. The minimum absolute atomic E-state index is 0.219. The number of phosphoric acid groups is 1. The van der Waals surface area contributed by atoms with Crippen molar-refractivity contribution in [2.75, 3.05) is 0 Å². The summed E-state index contributed by atoms with van der Waals surface area (Å²) in [7, 11) is -4.43. The second-order valence-electron chi connectivity index (χ2n) is 3.33. The van der Waals surface area contributed by atoms with E-state index in [0.717, 1.165) is 24.8 Å². The van der Waals surface area contributed by atoms with Gasteiger partial charge in [-0.25, -0.2) is 4.57 Å². The van der Waals surface area contributed by atoms with Crippen molar-refractivity contribution in [2.24, 2.45) is 0 Å². The van der Waals surface area contributed by atoms with Crippen molar-refractivity contribution in [2.45, 2.75) is 26.2 Å². The van der Waals surface area contributed by atoms with Crippen LogP contribution in [0.15, 0.2) is 24.3 Å². The van der Waals surface area contributed by atoms with E-state index >= 15 is 0 Å². The molecule has 0 saturated heterocycles. The van der Waals surface area contributed by atoms with Gasteiger partial charge in [0.1, 0.15) is 5.75 Å². The van der Waals surface area contributed by atoms with E-state index in [2.05, 4.69) is 11.4 Å². The molecule has 5 heteroatoms. The molecule has 0 fully saturated rings. The molecule has 0 bridgehead atoms. The van der Waals surface area contributed by atoms with Crippen molar-refractivity contribution in [1.29, 1.82) is 0 Å². The highest BCUT2D eigenvalue weighted by molar-refractivity contribution is 7.46. The Hall–Kier alpha value is -0.830. The standard InChI is InChI=1S/C10H15O4P/c1-2-3-5-9-6-4-7-10(8-9)14-15(11,12)13/h4,6-8H,2-3,5H2,1H3,(H2,11,12,13). The highest BCUT2D eigenvalue weighted by atomic mass is 31.2. The normalized spacial score (nSPS) is 11.4. The van der Waals surface area contributed by atoms with Gasteiger partial charge in [0.15, 0.2) is 0 Å². The first-order chi connectivity index (χ1) is 7.01. The van der Waals surface area contributed by atoms with Crippen LogP contribution >= 0.6 is 7.82 Å². The predicted octanol–water partition coefficient (Wildman–Crippen LogP) is 2.50. The van der Waals surface area contributed by atoms with Crippen LogP contribution in [0.1, 0.15) is 25.3 Å². The summed E-state index contributed by atoms with van der Waals surface area (Å²) in [4.78, 5) is 17.3. The number of phosphoric ester groups is 1. The third-order valence-corrected chi connectivity index (χ3v) is 2.39. The van der Waals surface area contributed by atoms with E-state index < -0.39 is 7.82 Å². The van der Waals surface area contributed by atoms with Gasteiger partial charge in [-0.2, -0.15) is 0 Å². The first-order valence-electron chi connectivity index (χ1n) is 4.85. The molecule has 2 N–H and O–H groups in total. The predicted molar refractivity (Wildman–Crippen MR) is 57.7 cm³/mol. The summed E-state index contributed by atoms with van der Waals surface area (Å²) in [5.41, 5.74) is 1.03. The summed E-state index contributed by atoms with van der Waals surface area (Å²) in [5, 5.41) is 0. The van der Waals surface area contributed by atoms with Crippen molar-refractivity contribution in [1.82, 2.24) is 0 Å². The summed E-state index contributed by atoms with van der Waals surface area (Å²) in [5.74, 6) is 0.219. The molecule has 0 aliphatic heterocycles. The van der Waals surface area contributed by atoms with Crippen LogP contribution in [0.5, 0.6) is 5.75 Å². The fraction of sp³-hybridized carbons (Fsp3) is 0.400. The van der Waals surface area contributed by atoms with Crippen molar-refractivity contribution in [3.8, 4) is 5.75 Å². The zero-order valence-electron chi connectivity index (χ0n) is 8.59. The highest BCUT2D eigenvalue weighted by Gasteiger charge is 2.15. The van der Waals surface area contributed by atoms with E-state index in [1.54, 1.807) is 12.1 Å². The second-order valence-corrected chi connectivity index (χ2v) is 4.50. The summed E-state index contributed by atoms with van der Waals surface area (Å²) in [6.07, 6.45) is 3.04. The number of hydrogen-bond donors (Lipinski definition) is 2. The van der Waals surface area contributed by atoms with Crippen LogP contribution < -0.4 is 4.52 Å². The zero-order chi connectivity index (χ0) is 11.3. The van der Waals surface area contributed by atoms with Gasteiger partial charge in [0.25, 0.3) is 0 Å². The monoisotopic (exact) mass is 230 g/mol. The van der Waals surface area contributed by atoms with E-state index in [1.807, 2.05) is 6.07 Å². The first-order valence-corrected chi connectivity index (χ1v) is 6.38. The molecule has 84 valence electrons. The van der Waals surface area contributed by atoms with Gasteiger partial charge in [-0.3, -0.25) is 9.79 Å². The van der Waals surface area contributed by atoms with Gasteiger partial charge in [-0.1, -0.05) is 25.5 Å². The van der Waals surface area contributed by atoms with Crippen LogP contribution in [0.4, 0.5) is 0 Å². The molecular formula is C10H15O4P. The van der Waals surface area contributed by atoms with E-state index in [0.29, 0.717) is 0 Å². The summed E-state index contributed by atoms with van der Waals surface area (Å²) < 4.78 is 15.1. The second kappa shape index (κ2) is 5.31. The van der Waals surface area contributed by atoms with Gasteiger partial charge in [0.05, 0.1) is 0 Å². The maximum Gasteiger partial charge on any atom is 0.524 e. The Morgan fingerprint density at radius 2 is 2.13 bits per heavy atom. The Kier molecular flexibility index (Phi) is 4.33. The van der Waals surface area contributed by atoms with Crippen molar-refractivity contribution in [3.63, 3.8) is 0 Å². The number of aryl methyl sites for hydroxylation is 1. The fourth-order valence-corrected chi connectivity index (χ4v) is 1.66. The largest absolute Gasteiger partial charge is 0.524 e. The third kappa shape index (κ3) is 4.98. The van der Waals surface area contributed by atoms with Gasteiger partial charge in [0, 0.05) is 0 Å². The van der Waals surface area contributed by atoms with Gasteiger partial charge < -0.3 is 4.52 Å². The van der Waals surface area contributed by atoms with Crippen LogP contribution in [-0.4, -0.2) is 9.79 Å². The zero-order valence-corrected chi connectivity index (χ0v) is 9.48. The molecule has 15 heavy (non-hydrogen) atoms. The fourth-order valence-electron chi connectivity index (χ4n) is 1.28. The Labute approximate surface area is 89.1 Å². The number of unbranched alkanes of at least 4 members (excludes halogenated alkanes) is 1. The van der Waals surface area contributed by atoms with Gasteiger partial charge >= 0.3 is 7.82 Å². The lowest BCUT2D eigenvalue weighted by Gasteiger charge is -2.07. The van der Waals surface area contributed by atoms with Crippen molar-refractivity contribution in [3.05, 3.63) is 29.8 Å². The molecule has 1 aromatic carbocycles. The van der Waals surface area contributed by atoms with E-state index in [1.165, 1.54) is 6.07 Å². The lowest BCUT2D eigenvalue weighted by molar-refractivity contribution is 0.283. The molecule has 4 nitrogen and oxygen atoms in total. The molecule has 0 saturated carbocycles. The van der Waals surface area contributed by atoms with Gasteiger partial charge in [-0.15, -0.1) is 0 Å². The van der Waals surface area contributed by atoms with Crippen LogP contribution in [0, 0.1) is 0 Å². The first kappa shape index (κ1) is 12.2.